The zero-order chi connectivity index (χ0) is 59.5. The van der Waals surface area contributed by atoms with Gasteiger partial charge in [0.25, 0.3) is 30.4 Å². The molecule has 6 aliphatic heterocycles. The van der Waals surface area contributed by atoms with Crippen LogP contribution in [0.4, 0.5) is 11.6 Å². The monoisotopic (exact) mass is 1260 g/mol. The number of quaternary nitrogens is 1. The minimum atomic E-state index is -6.94. The van der Waals surface area contributed by atoms with Gasteiger partial charge in [-0.15, -0.1) is 0 Å². The van der Waals surface area contributed by atoms with E-state index in [9.17, 15) is 43.7 Å². The van der Waals surface area contributed by atoms with Crippen LogP contribution in [0.1, 0.15) is 67.2 Å². The Bertz CT molecular complexity index is 4220. The molecule has 0 aliphatic carbocycles. The standard InChI is InChI=1S/C55H69N11O12S3Si3/c1-82(2,37-14-28-56)77-84(78-83(3,4)38-15-29-57-47(67)27-13-30-66(31-16-34-79(68,69)70,32-17-35-80(71,72)73)33-18-36-81(74,75)76)62-48-39-19-5-6-20-40(39)49(62)59-51-43-23-9-10-24-44(43)53(64(51)84)61-55-46-26-12-11-25-45(46)54(65(55)84)60-52-42-22-8-7-21-41(42)50(58-48)63(52)84/h5-12,19-26H,13-18,27-38,56H2,1-4H3,(H3-,57,67,68,69,70,71,72,73,74,75,76)/p+1. The maximum absolute atomic E-state index is 14.0. The SMILES string of the molecule is C[Si](C)(CCCN)O[Si-2]123(O[Si](C)(C)CCCNC(=O)CCC[N+](CCCS(=O)(=O)O)(CCCS(=O)(=O)O)CCCS(=O)(=O)O)n4c5c6ccccc6c4N=C4c6ccccc6C(=[N+]41)N=c1c4ccccc4c(n12)=NC1=[N+]3C(=N5)c2ccccc21. The third kappa shape index (κ3) is 8.98. The average molecular weight is 1260 g/mol. The number of amidine groups is 4. The van der Waals surface area contributed by atoms with Gasteiger partial charge >= 0.3 is 386 Å². The molecule has 1 spiro atoms. The Morgan fingerprint density at radius 2 is 0.952 bits per heavy atom. The van der Waals surface area contributed by atoms with Crippen molar-refractivity contribution in [3.63, 3.8) is 0 Å². The number of hydrogen-bond donors (Lipinski definition) is 5. The molecule has 12 rings (SSSR count). The fourth-order valence-electron chi connectivity index (χ4n) is 14.6. The number of nitrogens with two attached hydrogens (primary N) is 1. The van der Waals surface area contributed by atoms with E-state index in [-0.39, 0.29) is 75.2 Å². The first-order valence-electron chi connectivity index (χ1n) is 28.6. The average Bonchev–Trinajstić information content (AvgIpc) is 1.22. The third-order valence-electron chi connectivity index (χ3n) is 17.5. The summed E-state index contributed by atoms with van der Waals surface area (Å²) in [5.74, 6) is 1.69. The zero-order valence-corrected chi connectivity index (χ0v) is 52.8. The summed E-state index contributed by atoms with van der Waals surface area (Å²) in [5.41, 5.74) is 11.1. The summed E-state index contributed by atoms with van der Waals surface area (Å²) in [7, 11) is -26.6. The first-order chi connectivity index (χ1) is 39.7. The van der Waals surface area contributed by atoms with Gasteiger partial charge in [-0.3, -0.25) is 13.7 Å². The van der Waals surface area contributed by atoms with Crippen LogP contribution in [-0.4, -0.2) is 171 Å². The first-order valence-corrected chi connectivity index (χ1v) is 42.2. The van der Waals surface area contributed by atoms with Gasteiger partial charge in [-0.05, 0) is 0 Å². The van der Waals surface area contributed by atoms with E-state index in [1.54, 1.807) is 0 Å². The van der Waals surface area contributed by atoms with Gasteiger partial charge in [-0.25, -0.2) is 0 Å². The molecule has 0 saturated carbocycles. The molecule has 0 atom stereocenters. The molecule has 0 saturated heterocycles. The van der Waals surface area contributed by atoms with Crippen molar-refractivity contribution in [2.45, 2.75) is 83.2 Å². The number of hydrogen-bond acceptors (Lipinski definition) is 14. The molecule has 4 aromatic carbocycles. The molecular weight excluding hydrogens is 1190 g/mol. The molecule has 0 radical (unpaired) electrons. The van der Waals surface area contributed by atoms with Crippen LogP contribution in [0.25, 0.3) is 21.5 Å². The molecule has 2 aromatic heterocycles. The molecule has 23 nitrogen and oxygen atoms in total. The van der Waals surface area contributed by atoms with Crippen molar-refractivity contribution in [2.24, 2.45) is 25.7 Å². The summed E-state index contributed by atoms with van der Waals surface area (Å²) in [6.07, 6.45) is 1.24. The predicted octanol–water partition coefficient (Wildman–Crippen LogP) is 5.05. The zero-order valence-electron chi connectivity index (χ0n) is 47.3. The van der Waals surface area contributed by atoms with Crippen LogP contribution in [0, 0.1) is 0 Å². The summed E-state index contributed by atoms with van der Waals surface area (Å²) in [4.78, 5) is 37.1. The van der Waals surface area contributed by atoms with E-state index in [2.05, 4.69) is 97.0 Å². The Morgan fingerprint density at radius 3 is 1.38 bits per heavy atom. The molecule has 6 aromatic rings. The number of aromatic nitrogens is 2. The van der Waals surface area contributed by atoms with E-state index in [0.29, 0.717) is 77.4 Å². The van der Waals surface area contributed by atoms with Crippen molar-refractivity contribution in [2.75, 3.05) is 56.5 Å². The number of carbonyl (C=O) groups is 1. The van der Waals surface area contributed by atoms with E-state index in [1.807, 2.05) is 48.5 Å². The Hall–Kier alpha value is -6.07. The number of benzene rings is 4. The van der Waals surface area contributed by atoms with E-state index in [0.717, 1.165) is 43.8 Å². The van der Waals surface area contributed by atoms with Crippen molar-refractivity contribution in [3.8, 4) is 0 Å². The second-order valence-electron chi connectivity index (χ2n) is 24.3. The number of carbonyl (C=O) groups excluding carboxylic acids is 1. The van der Waals surface area contributed by atoms with Crippen LogP contribution in [0.3, 0.4) is 0 Å². The number of aliphatic imine (C=N–C) groups is 2. The fourth-order valence-corrected chi connectivity index (χ4v) is 38.4. The first kappa shape index (κ1) is 58.3. The van der Waals surface area contributed by atoms with Crippen LogP contribution >= 0.6 is 0 Å². The van der Waals surface area contributed by atoms with Crippen molar-refractivity contribution in [1.29, 1.82) is 0 Å². The summed E-state index contributed by atoms with van der Waals surface area (Å²) < 4.78 is 127. The second-order valence-corrected chi connectivity index (χ2v) is 43.3. The van der Waals surface area contributed by atoms with Crippen LogP contribution in [0.2, 0.25) is 38.3 Å². The summed E-state index contributed by atoms with van der Waals surface area (Å²) in [6, 6.07) is 34.0. The Balaban J connectivity index is 0.979. The van der Waals surface area contributed by atoms with Gasteiger partial charge in [0, 0.05) is 19.3 Å². The summed E-state index contributed by atoms with van der Waals surface area (Å²) in [5, 5.41) is 6.58. The molecule has 446 valence electrons. The molecule has 0 bridgehead atoms. The Labute approximate surface area is 488 Å². The van der Waals surface area contributed by atoms with E-state index in [4.69, 9.17) is 33.9 Å². The maximum atomic E-state index is 14.0. The Kier molecular flexibility index (Phi) is 13.9. The molecule has 6 aliphatic rings. The number of rotatable bonds is 27. The van der Waals surface area contributed by atoms with Crippen molar-refractivity contribution < 1.29 is 64.9 Å². The van der Waals surface area contributed by atoms with Gasteiger partial charge in [-0.1, -0.05) is 0 Å². The van der Waals surface area contributed by atoms with E-state index in [1.165, 1.54) is 0 Å². The number of fused-ring (bicyclic) bond motifs is 12. The van der Waals surface area contributed by atoms with Crippen molar-refractivity contribution in [1.82, 2.24) is 13.8 Å². The quantitative estimate of drug-likeness (QED) is 0.0195. The van der Waals surface area contributed by atoms with Crippen LogP contribution in [0.15, 0.2) is 117 Å². The normalized spacial score (nSPS) is 18.3. The molecular formula is C55H70N11O12S3Si3+. The Morgan fingerprint density at radius 1 is 0.560 bits per heavy atom. The predicted molar refractivity (Wildman–Crippen MR) is 327 cm³/mol. The number of nitrogens with zero attached hydrogens (tertiary/aromatic N) is 9. The van der Waals surface area contributed by atoms with Crippen molar-refractivity contribution in [3.05, 3.63) is 130 Å². The van der Waals surface area contributed by atoms with Gasteiger partial charge in [0.15, 0.2) is 0 Å². The number of amides is 1. The van der Waals surface area contributed by atoms with Gasteiger partial charge in [0.2, 0.25) is 0 Å². The van der Waals surface area contributed by atoms with E-state index < -0.39 is 72.0 Å². The van der Waals surface area contributed by atoms with Gasteiger partial charge in [0.05, 0.1) is 17.3 Å². The summed E-state index contributed by atoms with van der Waals surface area (Å²) in [6.45, 7) is 10.1. The van der Waals surface area contributed by atoms with E-state index >= 15 is 0 Å². The molecule has 84 heavy (non-hydrogen) atoms. The molecule has 1 amide bonds. The van der Waals surface area contributed by atoms with Gasteiger partial charge in [-0.2, -0.15) is 25.3 Å². The molecule has 6 N–H and O–H groups in total. The minimum absolute atomic E-state index is 0.0143. The van der Waals surface area contributed by atoms with Crippen LogP contribution < -0.4 is 22.0 Å². The molecule has 29 heteroatoms. The van der Waals surface area contributed by atoms with Crippen LogP contribution in [0.5, 0.6) is 0 Å². The summed E-state index contributed by atoms with van der Waals surface area (Å²) >= 11 is 0. The van der Waals surface area contributed by atoms with Gasteiger partial charge < -0.3 is 0 Å². The molecule has 8 heterocycles. The van der Waals surface area contributed by atoms with Gasteiger partial charge in [0.1, 0.15) is 0 Å². The fraction of sp³-hybridized carbons (Fsp3) is 0.400. The topological polar surface area (TPSA) is 302 Å². The second kappa shape index (κ2) is 20.0. The van der Waals surface area contributed by atoms with Crippen LogP contribution in [-0.2, 0) is 43.4 Å². The third-order valence-corrected chi connectivity index (χ3v) is 36.6. The molecule has 0 fully saturated rings. The molecule has 0 unspecified atom stereocenters. The van der Waals surface area contributed by atoms with Crippen molar-refractivity contribution >= 4 is 117 Å². The number of nitrogens with one attached hydrogen (secondary N) is 1.